The standard InChI is InChI=1S/C17H26N2O3S/c1-18(10-14-3-2-6-19(11-14)7-8-20)17(22)5-4-16-9-15(12-21)13-23-16/h4-5,9,13-14,20-21H,2-3,6-8,10-12H2,1H3. The van der Waals surface area contributed by atoms with Gasteiger partial charge in [-0.05, 0) is 48.4 Å². The Balaban J connectivity index is 1.82. The number of amides is 1. The van der Waals surface area contributed by atoms with E-state index in [2.05, 4.69) is 4.90 Å². The van der Waals surface area contributed by atoms with Gasteiger partial charge >= 0.3 is 0 Å². The molecule has 1 fully saturated rings. The van der Waals surface area contributed by atoms with Gasteiger partial charge in [0.25, 0.3) is 0 Å². The molecular formula is C17H26N2O3S. The van der Waals surface area contributed by atoms with Gasteiger partial charge in [-0.3, -0.25) is 4.79 Å². The first-order valence-corrected chi connectivity index (χ1v) is 8.95. The molecule has 1 aromatic rings. The van der Waals surface area contributed by atoms with E-state index in [1.54, 1.807) is 11.0 Å². The van der Waals surface area contributed by atoms with E-state index in [4.69, 9.17) is 10.2 Å². The Kier molecular flexibility index (Phi) is 7.23. The molecule has 0 aromatic carbocycles. The number of nitrogens with zero attached hydrogens (tertiary/aromatic N) is 2. The molecular weight excluding hydrogens is 312 g/mol. The third kappa shape index (κ3) is 5.73. The molecule has 6 heteroatoms. The smallest absolute Gasteiger partial charge is 0.246 e. The molecule has 1 saturated heterocycles. The zero-order chi connectivity index (χ0) is 16.7. The fourth-order valence-electron chi connectivity index (χ4n) is 2.97. The molecule has 2 rings (SSSR count). The van der Waals surface area contributed by atoms with Crippen LogP contribution in [0.1, 0.15) is 23.3 Å². The minimum atomic E-state index is 0.00299. The van der Waals surface area contributed by atoms with Crippen LogP contribution in [0.25, 0.3) is 6.08 Å². The molecule has 5 nitrogen and oxygen atoms in total. The van der Waals surface area contributed by atoms with Crippen molar-refractivity contribution in [1.82, 2.24) is 9.80 Å². The van der Waals surface area contributed by atoms with Crippen molar-refractivity contribution in [3.63, 3.8) is 0 Å². The summed E-state index contributed by atoms with van der Waals surface area (Å²) in [5.41, 5.74) is 0.877. The maximum atomic E-state index is 12.2. The van der Waals surface area contributed by atoms with Crippen molar-refractivity contribution < 1.29 is 15.0 Å². The largest absolute Gasteiger partial charge is 0.395 e. The Morgan fingerprint density at radius 3 is 3.04 bits per heavy atom. The number of rotatable bonds is 7. The quantitative estimate of drug-likeness (QED) is 0.738. The highest BCUT2D eigenvalue weighted by molar-refractivity contribution is 7.11. The second-order valence-electron chi connectivity index (χ2n) is 6.10. The van der Waals surface area contributed by atoms with Crippen molar-refractivity contribution >= 4 is 23.3 Å². The van der Waals surface area contributed by atoms with Crippen LogP contribution in [0.3, 0.4) is 0 Å². The van der Waals surface area contributed by atoms with Crippen molar-refractivity contribution in [1.29, 1.82) is 0 Å². The fourth-order valence-corrected chi connectivity index (χ4v) is 3.76. The lowest BCUT2D eigenvalue weighted by atomic mass is 9.97. The lowest BCUT2D eigenvalue weighted by molar-refractivity contribution is -0.125. The van der Waals surface area contributed by atoms with Crippen LogP contribution in [0.15, 0.2) is 17.5 Å². The number of aliphatic hydroxyl groups excluding tert-OH is 2. The van der Waals surface area contributed by atoms with E-state index in [1.165, 1.54) is 11.3 Å². The molecule has 0 spiro atoms. The third-order valence-corrected chi connectivity index (χ3v) is 5.12. The highest BCUT2D eigenvalue weighted by Gasteiger charge is 2.21. The summed E-state index contributed by atoms with van der Waals surface area (Å²) in [6.07, 6.45) is 5.67. The maximum absolute atomic E-state index is 12.2. The average Bonchev–Trinajstić information content (AvgIpc) is 3.01. The summed E-state index contributed by atoms with van der Waals surface area (Å²) in [5.74, 6) is 0.476. The Bertz CT molecular complexity index is 528. The molecule has 0 bridgehead atoms. The van der Waals surface area contributed by atoms with E-state index < -0.39 is 0 Å². The van der Waals surface area contributed by atoms with Crippen LogP contribution in [0.5, 0.6) is 0 Å². The minimum Gasteiger partial charge on any atom is -0.395 e. The second kappa shape index (κ2) is 9.17. The van der Waals surface area contributed by atoms with Crippen molar-refractivity contribution in [2.45, 2.75) is 19.4 Å². The highest BCUT2D eigenvalue weighted by atomic mass is 32.1. The first-order valence-electron chi connectivity index (χ1n) is 8.07. The highest BCUT2D eigenvalue weighted by Crippen LogP contribution is 2.18. The molecule has 0 aliphatic carbocycles. The van der Waals surface area contributed by atoms with E-state index in [0.717, 1.165) is 49.5 Å². The number of thiophene rings is 1. The predicted octanol–water partition coefficient (Wildman–Crippen LogP) is 1.42. The zero-order valence-corrected chi connectivity index (χ0v) is 14.5. The number of hydrogen-bond acceptors (Lipinski definition) is 5. The number of β-amino-alcohol motifs (C(OH)–C–C–N with tert-alkyl or cyclic N) is 1. The van der Waals surface area contributed by atoms with Crippen LogP contribution in [0.2, 0.25) is 0 Å². The van der Waals surface area contributed by atoms with Crippen LogP contribution in [0, 0.1) is 5.92 Å². The zero-order valence-electron chi connectivity index (χ0n) is 13.6. The molecule has 1 atom stereocenters. The molecule has 1 aliphatic rings. The number of hydrogen-bond donors (Lipinski definition) is 2. The second-order valence-corrected chi connectivity index (χ2v) is 7.04. The maximum Gasteiger partial charge on any atom is 0.246 e. The molecule has 128 valence electrons. The van der Waals surface area contributed by atoms with Crippen molar-refractivity contribution in [3.05, 3.63) is 28.0 Å². The van der Waals surface area contributed by atoms with E-state index in [-0.39, 0.29) is 19.1 Å². The average molecular weight is 338 g/mol. The number of carbonyl (C=O) groups excluding carboxylic acids is 1. The summed E-state index contributed by atoms with van der Waals surface area (Å²) >= 11 is 1.52. The lowest BCUT2D eigenvalue weighted by Crippen LogP contribution is -2.42. The molecule has 1 amide bonds. The molecule has 0 radical (unpaired) electrons. The Hall–Kier alpha value is -1.21. The minimum absolute atomic E-state index is 0.00299. The van der Waals surface area contributed by atoms with Gasteiger partial charge in [-0.15, -0.1) is 11.3 Å². The Labute approximate surface area is 141 Å². The van der Waals surface area contributed by atoms with Gasteiger partial charge in [0.1, 0.15) is 0 Å². The summed E-state index contributed by atoms with van der Waals surface area (Å²) in [6, 6.07) is 1.89. The van der Waals surface area contributed by atoms with Crippen LogP contribution >= 0.6 is 11.3 Å². The van der Waals surface area contributed by atoms with Crippen LogP contribution < -0.4 is 0 Å². The third-order valence-electron chi connectivity index (χ3n) is 4.17. The number of piperidine rings is 1. The van der Waals surface area contributed by atoms with E-state index in [0.29, 0.717) is 5.92 Å². The molecule has 1 aromatic heterocycles. The van der Waals surface area contributed by atoms with Gasteiger partial charge in [0.05, 0.1) is 13.2 Å². The number of likely N-dealkylation sites (tertiary alicyclic amines) is 1. The predicted molar refractivity (Wildman–Crippen MR) is 93.2 cm³/mol. The van der Waals surface area contributed by atoms with Crippen LogP contribution in [0.4, 0.5) is 0 Å². The van der Waals surface area contributed by atoms with Gasteiger partial charge in [-0.1, -0.05) is 0 Å². The lowest BCUT2D eigenvalue weighted by Gasteiger charge is -2.34. The van der Waals surface area contributed by atoms with Crippen LogP contribution in [-0.2, 0) is 11.4 Å². The van der Waals surface area contributed by atoms with Crippen LogP contribution in [-0.4, -0.2) is 65.8 Å². The van der Waals surface area contributed by atoms with Gasteiger partial charge < -0.3 is 20.0 Å². The van der Waals surface area contributed by atoms with Gasteiger partial charge in [0, 0.05) is 37.6 Å². The normalized spacial score (nSPS) is 19.3. The van der Waals surface area contributed by atoms with Gasteiger partial charge in [0.2, 0.25) is 5.91 Å². The van der Waals surface area contributed by atoms with Gasteiger partial charge in [0.15, 0.2) is 0 Å². The summed E-state index contributed by atoms with van der Waals surface area (Å²) in [5, 5.41) is 20.0. The number of aliphatic hydroxyl groups is 2. The molecule has 2 N–H and O–H groups in total. The topological polar surface area (TPSA) is 64.0 Å². The van der Waals surface area contributed by atoms with E-state index in [1.807, 2.05) is 24.6 Å². The van der Waals surface area contributed by atoms with Gasteiger partial charge in [-0.2, -0.15) is 0 Å². The van der Waals surface area contributed by atoms with Crippen molar-refractivity contribution in [3.8, 4) is 0 Å². The number of carbonyl (C=O) groups is 1. The first-order chi connectivity index (χ1) is 11.1. The molecule has 2 heterocycles. The summed E-state index contributed by atoms with van der Waals surface area (Å²) < 4.78 is 0. The SMILES string of the molecule is CN(CC1CCCN(CCO)C1)C(=O)C=Cc1cc(CO)cs1. The first kappa shape index (κ1) is 18.1. The number of likely N-dealkylation sites (N-methyl/N-ethyl adjacent to an activating group) is 1. The molecule has 23 heavy (non-hydrogen) atoms. The fraction of sp³-hybridized carbons (Fsp3) is 0.588. The summed E-state index contributed by atoms with van der Waals surface area (Å²) in [4.78, 5) is 17.2. The molecule has 0 saturated carbocycles. The Morgan fingerprint density at radius 1 is 1.52 bits per heavy atom. The van der Waals surface area contributed by atoms with E-state index >= 15 is 0 Å². The van der Waals surface area contributed by atoms with Gasteiger partial charge in [-0.25, -0.2) is 0 Å². The molecule has 1 aliphatic heterocycles. The van der Waals surface area contributed by atoms with E-state index in [9.17, 15) is 4.79 Å². The molecule has 1 unspecified atom stereocenters. The van der Waals surface area contributed by atoms with Crippen molar-refractivity contribution in [2.75, 3.05) is 39.8 Å². The summed E-state index contributed by atoms with van der Waals surface area (Å²) in [7, 11) is 1.84. The van der Waals surface area contributed by atoms with Crippen molar-refractivity contribution in [2.24, 2.45) is 5.92 Å². The monoisotopic (exact) mass is 338 g/mol. The Morgan fingerprint density at radius 2 is 2.35 bits per heavy atom. The summed E-state index contributed by atoms with van der Waals surface area (Å²) in [6.45, 7) is 3.69.